The van der Waals surface area contributed by atoms with E-state index in [-0.39, 0.29) is 5.91 Å². The van der Waals surface area contributed by atoms with Gasteiger partial charge in [-0.25, -0.2) is 9.97 Å². The molecule has 6 heteroatoms. The van der Waals surface area contributed by atoms with Gasteiger partial charge in [0.2, 0.25) is 5.91 Å². The summed E-state index contributed by atoms with van der Waals surface area (Å²) in [5, 5.41) is 1.01. The van der Waals surface area contributed by atoms with Crippen molar-refractivity contribution >= 4 is 22.6 Å². The molecule has 1 amide bonds. The van der Waals surface area contributed by atoms with Gasteiger partial charge in [0.15, 0.2) is 5.82 Å². The highest BCUT2D eigenvalue weighted by Gasteiger charge is 2.22. The minimum absolute atomic E-state index is 0.0238. The summed E-state index contributed by atoms with van der Waals surface area (Å²) in [4.78, 5) is 25.6. The van der Waals surface area contributed by atoms with E-state index in [9.17, 15) is 4.79 Å². The van der Waals surface area contributed by atoms with Gasteiger partial charge in [-0.05, 0) is 30.3 Å². The van der Waals surface area contributed by atoms with Gasteiger partial charge in [0, 0.05) is 37.1 Å². The molecule has 1 aromatic heterocycles. The second kappa shape index (κ2) is 7.68. The topological polar surface area (TPSA) is 58.6 Å². The first-order valence-electron chi connectivity index (χ1n) is 9.27. The number of hydrogen-bond acceptors (Lipinski definition) is 5. The molecule has 0 aliphatic carbocycles. The van der Waals surface area contributed by atoms with E-state index in [2.05, 4.69) is 11.5 Å². The second-order valence-electron chi connectivity index (χ2n) is 6.64. The lowest BCUT2D eigenvalue weighted by Gasteiger charge is -2.35. The van der Waals surface area contributed by atoms with Gasteiger partial charge in [0.1, 0.15) is 11.6 Å². The van der Waals surface area contributed by atoms with Crippen LogP contribution >= 0.6 is 0 Å². The average molecular weight is 374 g/mol. The third kappa shape index (κ3) is 3.41. The molecule has 6 nitrogen and oxygen atoms in total. The fraction of sp³-hybridized carbons (Fsp3) is 0.227. The van der Waals surface area contributed by atoms with Crippen LogP contribution in [0.15, 0.2) is 61.2 Å². The Hall–Kier alpha value is -3.41. The maximum Gasteiger partial charge on any atom is 0.246 e. The molecule has 0 radical (unpaired) electrons. The standard InChI is InChI=1S/C22H22N4O2/c1-3-20(27)25-11-13-26(14-12-25)22-18-9-4-5-10-19(18)23-21(24-22)16-7-6-8-17(15-16)28-2/h3-10,15H,1,11-14H2,2H3. The van der Waals surface area contributed by atoms with Crippen LogP contribution in [0.25, 0.3) is 22.3 Å². The molecule has 1 aliphatic heterocycles. The molecule has 1 aliphatic rings. The van der Waals surface area contributed by atoms with E-state index in [1.807, 2.05) is 53.4 Å². The molecule has 0 unspecified atom stereocenters. The SMILES string of the molecule is C=CC(=O)N1CCN(c2nc(-c3cccc(OC)c3)nc3ccccc23)CC1. The summed E-state index contributed by atoms with van der Waals surface area (Å²) in [7, 11) is 1.65. The number of anilines is 1. The number of ether oxygens (including phenoxy) is 1. The number of hydrogen-bond donors (Lipinski definition) is 0. The minimum atomic E-state index is -0.0238. The molecule has 3 aromatic rings. The van der Waals surface area contributed by atoms with Gasteiger partial charge in [-0.15, -0.1) is 0 Å². The first kappa shape index (κ1) is 18.0. The molecule has 0 N–H and O–H groups in total. The van der Waals surface area contributed by atoms with Crippen LogP contribution in [0.3, 0.4) is 0 Å². The zero-order chi connectivity index (χ0) is 19.5. The normalized spacial score (nSPS) is 14.2. The largest absolute Gasteiger partial charge is 0.497 e. The van der Waals surface area contributed by atoms with Crippen molar-refractivity contribution in [3.8, 4) is 17.1 Å². The average Bonchev–Trinajstić information content (AvgIpc) is 2.78. The predicted molar refractivity (Wildman–Crippen MR) is 111 cm³/mol. The van der Waals surface area contributed by atoms with E-state index in [1.54, 1.807) is 7.11 Å². The molecule has 28 heavy (non-hydrogen) atoms. The van der Waals surface area contributed by atoms with Gasteiger partial charge in [0.05, 0.1) is 12.6 Å². The predicted octanol–water partition coefficient (Wildman–Crippen LogP) is 3.14. The summed E-state index contributed by atoms with van der Waals surface area (Å²) < 4.78 is 5.34. The number of nitrogens with zero attached hydrogens (tertiary/aromatic N) is 4. The number of aromatic nitrogens is 2. The Morgan fingerprint density at radius 1 is 1.07 bits per heavy atom. The molecular weight excluding hydrogens is 352 g/mol. The van der Waals surface area contributed by atoms with Crippen molar-refractivity contribution in [1.82, 2.24) is 14.9 Å². The number of carbonyl (C=O) groups excluding carboxylic acids is 1. The van der Waals surface area contributed by atoms with Crippen molar-refractivity contribution in [2.24, 2.45) is 0 Å². The van der Waals surface area contributed by atoms with Crippen LogP contribution < -0.4 is 9.64 Å². The van der Waals surface area contributed by atoms with Crippen LogP contribution in [-0.4, -0.2) is 54.1 Å². The van der Waals surface area contributed by atoms with Gasteiger partial charge < -0.3 is 14.5 Å². The first-order chi connectivity index (χ1) is 13.7. The quantitative estimate of drug-likeness (QED) is 0.657. The van der Waals surface area contributed by atoms with E-state index >= 15 is 0 Å². The summed E-state index contributed by atoms with van der Waals surface area (Å²) in [5.74, 6) is 2.31. The van der Waals surface area contributed by atoms with Gasteiger partial charge in [-0.2, -0.15) is 0 Å². The van der Waals surface area contributed by atoms with E-state index in [0.717, 1.165) is 41.1 Å². The van der Waals surface area contributed by atoms with Gasteiger partial charge in [0.25, 0.3) is 0 Å². The molecule has 142 valence electrons. The van der Waals surface area contributed by atoms with Crippen LogP contribution in [0.4, 0.5) is 5.82 Å². The van der Waals surface area contributed by atoms with Crippen molar-refractivity contribution in [1.29, 1.82) is 0 Å². The monoisotopic (exact) mass is 374 g/mol. The molecular formula is C22H22N4O2. The van der Waals surface area contributed by atoms with Crippen LogP contribution in [0, 0.1) is 0 Å². The molecule has 0 spiro atoms. The number of fused-ring (bicyclic) bond motifs is 1. The van der Waals surface area contributed by atoms with Gasteiger partial charge in [-0.3, -0.25) is 4.79 Å². The fourth-order valence-corrected chi connectivity index (χ4v) is 3.46. The summed E-state index contributed by atoms with van der Waals surface area (Å²) in [5.41, 5.74) is 1.81. The van der Waals surface area contributed by atoms with Crippen molar-refractivity contribution in [2.45, 2.75) is 0 Å². The minimum Gasteiger partial charge on any atom is -0.497 e. The van der Waals surface area contributed by atoms with E-state index in [1.165, 1.54) is 6.08 Å². The van der Waals surface area contributed by atoms with Crippen molar-refractivity contribution < 1.29 is 9.53 Å². The molecule has 4 rings (SSSR count). The Morgan fingerprint density at radius 3 is 2.61 bits per heavy atom. The lowest BCUT2D eigenvalue weighted by atomic mass is 10.1. The fourth-order valence-electron chi connectivity index (χ4n) is 3.46. The van der Waals surface area contributed by atoms with Crippen molar-refractivity contribution in [3.63, 3.8) is 0 Å². The number of para-hydroxylation sites is 1. The summed E-state index contributed by atoms with van der Waals surface area (Å²) in [6.07, 6.45) is 1.37. The number of benzene rings is 2. The lowest BCUT2D eigenvalue weighted by Crippen LogP contribution is -2.48. The van der Waals surface area contributed by atoms with Gasteiger partial charge in [-0.1, -0.05) is 30.8 Å². The summed E-state index contributed by atoms with van der Waals surface area (Å²) >= 11 is 0. The highest BCUT2D eigenvalue weighted by Crippen LogP contribution is 2.29. The molecule has 2 aromatic carbocycles. The highest BCUT2D eigenvalue weighted by molar-refractivity contribution is 5.91. The smallest absolute Gasteiger partial charge is 0.246 e. The summed E-state index contributed by atoms with van der Waals surface area (Å²) in [6.45, 7) is 6.32. The zero-order valence-electron chi connectivity index (χ0n) is 15.8. The molecule has 0 atom stereocenters. The van der Waals surface area contributed by atoms with Crippen LogP contribution in [0.5, 0.6) is 5.75 Å². The molecule has 2 heterocycles. The Balaban J connectivity index is 1.73. The highest BCUT2D eigenvalue weighted by atomic mass is 16.5. The van der Waals surface area contributed by atoms with Crippen molar-refractivity contribution in [3.05, 3.63) is 61.2 Å². The Morgan fingerprint density at radius 2 is 1.86 bits per heavy atom. The van der Waals surface area contributed by atoms with E-state index in [4.69, 9.17) is 14.7 Å². The number of amides is 1. The Bertz CT molecular complexity index is 1030. The number of carbonyl (C=O) groups is 1. The molecule has 0 bridgehead atoms. The third-order valence-corrected chi connectivity index (χ3v) is 4.98. The number of piperazine rings is 1. The molecule has 1 fully saturated rings. The maximum absolute atomic E-state index is 11.9. The number of methoxy groups -OCH3 is 1. The maximum atomic E-state index is 11.9. The van der Waals surface area contributed by atoms with E-state index in [0.29, 0.717) is 18.9 Å². The third-order valence-electron chi connectivity index (χ3n) is 4.98. The lowest BCUT2D eigenvalue weighted by molar-refractivity contribution is -0.126. The molecule has 1 saturated heterocycles. The zero-order valence-corrected chi connectivity index (χ0v) is 15.8. The van der Waals surface area contributed by atoms with Crippen molar-refractivity contribution in [2.75, 3.05) is 38.2 Å². The Kier molecular flexibility index (Phi) is 4.93. The van der Waals surface area contributed by atoms with E-state index < -0.39 is 0 Å². The van der Waals surface area contributed by atoms with Crippen LogP contribution in [-0.2, 0) is 4.79 Å². The van der Waals surface area contributed by atoms with Gasteiger partial charge >= 0.3 is 0 Å². The van der Waals surface area contributed by atoms with Crippen LogP contribution in [0.2, 0.25) is 0 Å². The molecule has 0 saturated carbocycles. The summed E-state index contributed by atoms with van der Waals surface area (Å²) in [6, 6.07) is 15.8. The second-order valence-corrected chi connectivity index (χ2v) is 6.64. The number of rotatable bonds is 4. The first-order valence-corrected chi connectivity index (χ1v) is 9.27. The van der Waals surface area contributed by atoms with Crippen LogP contribution in [0.1, 0.15) is 0 Å². The Labute approximate surface area is 164 Å².